The fraction of sp³-hybridized carbons (Fsp3) is 0.400. The molecule has 0 aliphatic heterocycles. The molecule has 0 heterocycles. The Labute approximate surface area is 123 Å². The summed E-state index contributed by atoms with van der Waals surface area (Å²) in [4.78, 5) is 24.7. The predicted molar refractivity (Wildman–Crippen MR) is 76.9 cm³/mol. The van der Waals surface area contributed by atoms with Crippen molar-refractivity contribution >= 4 is 17.7 Å². The second-order valence-corrected chi connectivity index (χ2v) is 5.15. The number of hydrogen-bond acceptors (Lipinski definition) is 3. The van der Waals surface area contributed by atoms with Gasteiger partial charge in [0.1, 0.15) is 0 Å². The van der Waals surface area contributed by atoms with Crippen LogP contribution in [0.4, 0.5) is 10.5 Å². The maximum atomic E-state index is 12.2. The summed E-state index contributed by atoms with van der Waals surface area (Å²) in [6, 6.07) is 7.99. The smallest absolute Gasteiger partial charge is 0.321 e. The normalized spacial score (nSPS) is 20.6. The zero-order valence-electron chi connectivity index (χ0n) is 11.7. The van der Waals surface area contributed by atoms with Crippen LogP contribution in [0.3, 0.4) is 0 Å². The number of benzene rings is 1. The third-order valence-corrected chi connectivity index (χ3v) is 3.83. The number of carbonyl (C=O) groups excluding carboxylic acids is 1. The van der Waals surface area contributed by atoms with E-state index in [0.29, 0.717) is 24.1 Å². The fourth-order valence-electron chi connectivity index (χ4n) is 2.56. The lowest BCUT2D eigenvalue weighted by atomic mass is 10.0. The maximum absolute atomic E-state index is 12.2. The Morgan fingerprint density at radius 3 is 2.57 bits per heavy atom. The molecule has 0 saturated heterocycles. The summed E-state index contributed by atoms with van der Waals surface area (Å²) in [5.41, 5.74) is 1.17. The van der Waals surface area contributed by atoms with Gasteiger partial charge in [0.25, 0.3) is 0 Å². The third kappa shape index (κ3) is 3.31. The Morgan fingerprint density at radius 1 is 1.33 bits per heavy atom. The zero-order chi connectivity index (χ0) is 15.4. The van der Waals surface area contributed by atoms with Crippen LogP contribution < -0.4 is 10.2 Å². The number of aliphatic carboxylic acids is 1. The number of carbonyl (C=O) groups is 2. The highest BCUT2D eigenvalue weighted by Crippen LogP contribution is 2.26. The van der Waals surface area contributed by atoms with Crippen molar-refractivity contribution in [2.24, 2.45) is 5.92 Å². The average molecular weight is 287 g/mol. The van der Waals surface area contributed by atoms with Crippen molar-refractivity contribution < 1.29 is 14.7 Å². The largest absolute Gasteiger partial charge is 0.481 e. The lowest BCUT2D eigenvalue weighted by Crippen LogP contribution is -2.46. The van der Waals surface area contributed by atoms with E-state index in [9.17, 15) is 9.59 Å². The summed E-state index contributed by atoms with van der Waals surface area (Å²) in [6.07, 6.45) is 2.09. The van der Waals surface area contributed by atoms with Gasteiger partial charge >= 0.3 is 12.0 Å². The van der Waals surface area contributed by atoms with Gasteiger partial charge in [-0.05, 0) is 37.1 Å². The summed E-state index contributed by atoms with van der Waals surface area (Å²) in [5.74, 6) is -1.37. The van der Waals surface area contributed by atoms with Crippen molar-refractivity contribution in [3.63, 3.8) is 0 Å². The van der Waals surface area contributed by atoms with Crippen LogP contribution in [0, 0.1) is 17.2 Å². The molecule has 0 radical (unpaired) electrons. The van der Waals surface area contributed by atoms with Crippen LogP contribution in [0.1, 0.15) is 24.8 Å². The molecule has 21 heavy (non-hydrogen) atoms. The van der Waals surface area contributed by atoms with Crippen LogP contribution >= 0.6 is 0 Å². The number of nitrogens with zero attached hydrogens (tertiary/aromatic N) is 2. The van der Waals surface area contributed by atoms with Crippen LogP contribution in [-0.4, -0.2) is 30.2 Å². The van der Waals surface area contributed by atoms with E-state index in [2.05, 4.69) is 5.32 Å². The number of hydrogen-bond donors (Lipinski definition) is 2. The Balaban J connectivity index is 2.02. The average Bonchev–Trinajstić information content (AvgIpc) is 2.95. The van der Waals surface area contributed by atoms with Gasteiger partial charge < -0.3 is 10.4 Å². The van der Waals surface area contributed by atoms with Crippen molar-refractivity contribution in [2.75, 3.05) is 11.9 Å². The van der Waals surface area contributed by atoms with Crippen LogP contribution in [0.15, 0.2) is 24.3 Å². The Kier molecular flexibility index (Phi) is 4.43. The maximum Gasteiger partial charge on any atom is 0.321 e. The van der Waals surface area contributed by atoms with Gasteiger partial charge in [-0.25, -0.2) is 4.79 Å². The second kappa shape index (κ2) is 6.27. The molecule has 1 saturated carbocycles. The lowest BCUT2D eigenvalue weighted by Gasteiger charge is -2.23. The Morgan fingerprint density at radius 2 is 2.00 bits per heavy atom. The minimum absolute atomic E-state index is 0.323. The molecule has 2 atom stereocenters. The first-order valence-electron chi connectivity index (χ1n) is 6.80. The number of anilines is 1. The molecule has 0 aromatic heterocycles. The molecule has 0 bridgehead atoms. The summed E-state index contributed by atoms with van der Waals surface area (Å²) in [6.45, 7) is 0. The van der Waals surface area contributed by atoms with E-state index in [4.69, 9.17) is 10.4 Å². The van der Waals surface area contributed by atoms with Crippen LogP contribution in [0.25, 0.3) is 0 Å². The van der Waals surface area contributed by atoms with Gasteiger partial charge in [-0.15, -0.1) is 0 Å². The quantitative estimate of drug-likeness (QED) is 0.888. The van der Waals surface area contributed by atoms with Gasteiger partial charge in [0, 0.05) is 18.8 Å². The number of rotatable bonds is 3. The third-order valence-electron chi connectivity index (χ3n) is 3.83. The standard InChI is InChI=1S/C15H17N3O3/c1-18(11-7-5-10(9-16)6-8-11)15(21)17-13-4-2-3-12(13)14(19)20/h5-8,12-13H,2-4H2,1H3,(H,17,21)(H,19,20). The molecule has 1 fully saturated rings. The molecule has 1 aliphatic carbocycles. The molecule has 1 aliphatic rings. The molecule has 110 valence electrons. The number of nitrogens with one attached hydrogen (secondary N) is 1. The van der Waals surface area contributed by atoms with Crippen molar-refractivity contribution in [2.45, 2.75) is 25.3 Å². The first-order valence-corrected chi connectivity index (χ1v) is 6.80. The minimum Gasteiger partial charge on any atom is -0.481 e. The Hall–Kier alpha value is -2.55. The molecular formula is C15H17N3O3. The highest BCUT2D eigenvalue weighted by molar-refractivity contribution is 5.92. The molecule has 1 aromatic carbocycles. The molecule has 2 amide bonds. The van der Waals surface area contributed by atoms with Crippen LogP contribution in [-0.2, 0) is 4.79 Å². The molecule has 1 aromatic rings. The van der Waals surface area contributed by atoms with E-state index in [-0.39, 0.29) is 12.1 Å². The fourth-order valence-corrected chi connectivity index (χ4v) is 2.56. The van der Waals surface area contributed by atoms with E-state index in [1.54, 1.807) is 31.3 Å². The van der Waals surface area contributed by atoms with Crippen LogP contribution in [0.5, 0.6) is 0 Å². The first kappa shape index (κ1) is 14.9. The first-order chi connectivity index (χ1) is 10.0. The number of nitriles is 1. The summed E-state index contributed by atoms with van der Waals surface area (Å²) in [7, 11) is 1.61. The van der Waals surface area contributed by atoms with Crippen molar-refractivity contribution in [1.82, 2.24) is 5.32 Å². The lowest BCUT2D eigenvalue weighted by molar-refractivity contribution is -0.142. The van der Waals surface area contributed by atoms with E-state index in [1.807, 2.05) is 6.07 Å². The van der Waals surface area contributed by atoms with Gasteiger partial charge in [0.2, 0.25) is 0 Å². The van der Waals surface area contributed by atoms with Crippen molar-refractivity contribution in [3.8, 4) is 6.07 Å². The van der Waals surface area contributed by atoms with E-state index < -0.39 is 11.9 Å². The minimum atomic E-state index is -0.862. The van der Waals surface area contributed by atoms with E-state index in [0.717, 1.165) is 6.42 Å². The SMILES string of the molecule is CN(C(=O)NC1CCCC1C(=O)O)c1ccc(C#N)cc1. The van der Waals surface area contributed by atoms with Gasteiger partial charge in [0.05, 0.1) is 17.6 Å². The second-order valence-electron chi connectivity index (χ2n) is 5.15. The van der Waals surface area contributed by atoms with E-state index >= 15 is 0 Å². The van der Waals surface area contributed by atoms with Crippen molar-refractivity contribution in [3.05, 3.63) is 29.8 Å². The molecule has 2 unspecified atom stereocenters. The van der Waals surface area contributed by atoms with Gasteiger partial charge in [-0.3, -0.25) is 9.69 Å². The summed E-state index contributed by atoms with van der Waals surface area (Å²) in [5, 5.41) is 20.6. The number of carboxylic acids is 1. The molecule has 2 rings (SSSR count). The predicted octanol–water partition coefficient (Wildman–Crippen LogP) is 1.96. The van der Waals surface area contributed by atoms with E-state index in [1.165, 1.54) is 4.90 Å². The van der Waals surface area contributed by atoms with Gasteiger partial charge in [0.15, 0.2) is 0 Å². The highest BCUT2D eigenvalue weighted by Gasteiger charge is 2.34. The molecule has 6 heteroatoms. The number of carboxylic acid groups (broad SMARTS) is 1. The molecular weight excluding hydrogens is 270 g/mol. The van der Waals surface area contributed by atoms with Crippen LogP contribution in [0.2, 0.25) is 0 Å². The summed E-state index contributed by atoms with van der Waals surface area (Å²) < 4.78 is 0. The molecule has 6 nitrogen and oxygen atoms in total. The number of urea groups is 1. The van der Waals surface area contributed by atoms with Gasteiger partial charge in [-0.2, -0.15) is 5.26 Å². The number of amides is 2. The topological polar surface area (TPSA) is 93.4 Å². The van der Waals surface area contributed by atoms with Gasteiger partial charge in [-0.1, -0.05) is 6.42 Å². The molecule has 2 N–H and O–H groups in total. The zero-order valence-corrected chi connectivity index (χ0v) is 11.7. The molecule has 0 spiro atoms. The highest BCUT2D eigenvalue weighted by atomic mass is 16.4. The summed E-state index contributed by atoms with van der Waals surface area (Å²) >= 11 is 0. The Bertz CT molecular complexity index is 577. The van der Waals surface area contributed by atoms with Crippen molar-refractivity contribution in [1.29, 1.82) is 5.26 Å². The monoisotopic (exact) mass is 287 g/mol.